The number of nitrogens with zero attached hydrogens (tertiary/aromatic N) is 1. The highest BCUT2D eigenvalue weighted by molar-refractivity contribution is 9.10. The minimum absolute atomic E-state index is 0.109. The molecule has 1 aliphatic heterocycles. The van der Waals surface area contributed by atoms with E-state index >= 15 is 0 Å². The van der Waals surface area contributed by atoms with Gasteiger partial charge in [0.15, 0.2) is 0 Å². The fourth-order valence-corrected chi connectivity index (χ4v) is 3.77. The van der Waals surface area contributed by atoms with Gasteiger partial charge in [-0.15, -0.1) is 0 Å². The Hall–Kier alpha value is -1.78. The Labute approximate surface area is 160 Å². The number of hydrogen-bond acceptors (Lipinski definition) is 4. The normalized spacial score (nSPS) is 17.2. The molecule has 1 aromatic rings. The van der Waals surface area contributed by atoms with Crippen molar-refractivity contribution in [3.8, 4) is 6.07 Å². The summed E-state index contributed by atoms with van der Waals surface area (Å²) in [5.41, 5.74) is 1.41. The first-order valence-corrected chi connectivity index (χ1v) is 9.77. The molecule has 2 N–H and O–H groups in total. The zero-order chi connectivity index (χ0) is 18.4. The zero-order valence-electron chi connectivity index (χ0n) is 14.1. The van der Waals surface area contributed by atoms with E-state index in [1.807, 2.05) is 38.1 Å². The Morgan fingerprint density at radius 3 is 2.92 bits per heavy atom. The van der Waals surface area contributed by atoms with Crippen LogP contribution in [0.5, 0.6) is 0 Å². The number of nitrogens with one attached hydrogen (secondary N) is 2. The molecule has 1 aromatic carbocycles. The van der Waals surface area contributed by atoms with Gasteiger partial charge in [0.2, 0.25) is 11.8 Å². The molecule has 1 aliphatic rings. The molecule has 5 nitrogen and oxygen atoms in total. The highest BCUT2D eigenvalue weighted by Gasteiger charge is 2.29. The van der Waals surface area contributed by atoms with Crippen molar-refractivity contribution >= 4 is 39.5 Å². The molecule has 0 spiro atoms. The maximum atomic E-state index is 12.1. The van der Waals surface area contributed by atoms with Crippen LogP contribution in [0.2, 0.25) is 0 Å². The Morgan fingerprint density at radius 2 is 2.28 bits per heavy atom. The van der Waals surface area contributed by atoms with Crippen molar-refractivity contribution in [3.63, 3.8) is 0 Å². The number of rotatable bonds is 6. The van der Waals surface area contributed by atoms with Gasteiger partial charge >= 0.3 is 0 Å². The third kappa shape index (κ3) is 5.62. The second-order valence-corrected chi connectivity index (χ2v) is 8.10. The van der Waals surface area contributed by atoms with E-state index in [4.69, 9.17) is 0 Å². The fourth-order valence-electron chi connectivity index (χ4n) is 2.45. The molecule has 0 saturated heterocycles. The van der Waals surface area contributed by atoms with Crippen LogP contribution in [0.1, 0.15) is 31.7 Å². The average Bonchev–Trinajstić information content (AvgIpc) is 2.57. The van der Waals surface area contributed by atoms with Crippen molar-refractivity contribution in [1.82, 2.24) is 10.6 Å². The van der Waals surface area contributed by atoms with Crippen LogP contribution in [0, 0.1) is 17.2 Å². The first-order chi connectivity index (χ1) is 11.9. The van der Waals surface area contributed by atoms with Crippen LogP contribution in [0.4, 0.5) is 0 Å². The number of benzene rings is 1. The van der Waals surface area contributed by atoms with E-state index in [9.17, 15) is 14.9 Å². The van der Waals surface area contributed by atoms with Gasteiger partial charge in [0.1, 0.15) is 0 Å². The summed E-state index contributed by atoms with van der Waals surface area (Å²) in [5.74, 6) is -0.00870. The molecule has 132 valence electrons. The molecule has 0 aromatic heterocycles. The number of nitriles is 1. The van der Waals surface area contributed by atoms with Crippen LogP contribution in [0.3, 0.4) is 0 Å². The smallest absolute Gasteiger partial charge is 0.230 e. The standard InChI is InChI=1S/C18H20BrN3O2S/c1-11(2)9-21-17(24)10-25-18-15(8-20)14(7-16(23)22-18)12-4-3-5-13(19)6-12/h3-6,11,14H,7,9-10H2,1-2H3,(H,21,24)(H,22,23)/t14-/m0/s1. The van der Waals surface area contributed by atoms with E-state index in [-0.39, 0.29) is 29.9 Å². The molecule has 0 saturated carbocycles. The molecule has 2 rings (SSSR count). The summed E-state index contributed by atoms with van der Waals surface area (Å²) in [6.07, 6.45) is 0.225. The highest BCUT2D eigenvalue weighted by Crippen LogP contribution is 2.36. The Morgan fingerprint density at radius 1 is 1.52 bits per heavy atom. The third-order valence-corrected chi connectivity index (χ3v) is 5.17. The lowest BCUT2D eigenvalue weighted by atomic mass is 9.87. The van der Waals surface area contributed by atoms with Gasteiger partial charge in [-0.1, -0.05) is 53.7 Å². The Balaban J connectivity index is 2.17. The van der Waals surface area contributed by atoms with E-state index in [0.717, 1.165) is 10.0 Å². The SMILES string of the molecule is CC(C)CNC(=O)CSC1=C(C#N)[C@H](c2cccc(Br)c2)CC(=O)N1. The summed E-state index contributed by atoms with van der Waals surface area (Å²) in [6.45, 7) is 4.65. The molecule has 0 bridgehead atoms. The number of carbonyl (C=O) groups is 2. The van der Waals surface area contributed by atoms with E-state index in [2.05, 4.69) is 32.6 Å². The molecule has 2 amide bonds. The van der Waals surface area contributed by atoms with Crippen molar-refractivity contribution < 1.29 is 9.59 Å². The summed E-state index contributed by atoms with van der Waals surface area (Å²) in [5, 5.41) is 15.7. The quantitative estimate of drug-likeness (QED) is 0.737. The molecular weight excluding hydrogens is 402 g/mol. The minimum atomic E-state index is -0.294. The molecule has 25 heavy (non-hydrogen) atoms. The summed E-state index contributed by atoms with van der Waals surface area (Å²) < 4.78 is 0.899. The molecule has 1 heterocycles. The van der Waals surface area contributed by atoms with Crippen LogP contribution in [0.15, 0.2) is 39.3 Å². The molecule has 1 atom stereocenters. The lowest BCUT2D eigenvalue weighted by molar-refractivity contribution is -0.121. The number of halogens is 1. The van der Waals surface area contributed by atoms with E-state index in [1.54, 1.807) is 0 Å². The second-order valence-electron chi connectivity index (χ2n) is 6.20. The van der Waals surface area contributed by atoms with Gasteiger partial charge in [-0.2, -0.15) is 5.26 Å². The highest BCUT2D eigenvalue weighted by atomic mass is 79.9. The van der Waals surface area contributed by atoms with Crippen molar-refractivity contribution in [2.75, 3.05) is 12.3 Å². The molecular formula is C18H20BrN3O2S. The first-order valence-electron chi connectivity index (χ1n) is 7.99. The fraction of sp³-hybridized carbons (Fsp3) is 0.389. The summed E-state index contributed by atoms with van der Waals surface area (Å²) in [6, 6.07) is 9.82. The summed E-state index contributed by atoms with van der Waals surface area (Å²) >= 11 is 4.62. The Kier molecular flexibility index (Phi) is 7.09. The number of hydrogen-bond donors (Lipinski definition) is 2. The maximum Gasteiger partial charge on any atom is 0.230 e. The third-order valence-electron chi connectivity index (χ3n) is 3.66. The lowest BCUT2D eigenvalue weighted by Crippen LogP contribution is -2.33. The van der Waals surface area contributed by atoms with Crippen LogP contribution in [0.25, 0.3) is 0 Å². The van der Waals surface area contributed by atoms with Crippen LogP contribution >= 0.6 is 27.7 Å². The number of thioether (sulfide) groups is 1. The molecule has 0 fully saturated rings. The van der Waals surface area contributed by atoms with E-state index in [0.29, 0.717) is 23.1 Å². The van der Waals surface area contributed by atoms with Gasteiger partial charge < -0.3 is 10.6 Å². The molecule has 0 radical (unpaired) electrons. The molecule has 7 heteroatoms. The van der Waals surface area contributed by atoms with Gasteiger partial charge in [-0.25, -0.2) is 0 Å². The van der Waals surface area contributed by atoms with Gasteiger partial charge in [0, 0.05) is 23.4 Å². The average molecular weight is 422 g/mol. The van der Waals surface area contributed by atoms with Crippen molar-refractivity contribution in [3.05, 3.63) is 44.9 Å². The monoisotopic (exact) mass is 421 g/mol. The van der Waals surface area contributed by atoms with Crippen LogP contribution in [-0.4, -0.2) is 24.1 Å². The predicted octanol–water partition coefficient (Wildman–Crippen LogP) is 3.29. The lowest BCUT2D eigenvalue weighted by Gasteiger charge is -2.25. The first kappa shape index (κ1) is 19.5. The number of amides is 2. The second kappa shape index (κ2) is 9.07. The zero-order valence-corrected chi connectivity index (χ0v) is 16.5. The number of carbonyl (C=O) groups excluding carboxylic acids is 2. The predicted molar refractivity (Wildman–Crippen MR) is 103 cm³/mol. The van der Waals surface area contributed by atoms with Gasteiger partial charge in [0.25, 0.3) is 0 Å². The van der Waals surface area contributed by atoms with E-state index < -0.39 is 0 Å². The summed E-state index contributed by atoms with van der Waals surface area (Å²) in [4.78, 5) is 24.0. The number of allylic oxidation sites excluding steroid dienone is 1. The van der Waals surface area contributed by atoms with E-state index in [1.165, 1.54) is 11.8 Å². The van der Waals surface area contributed by atoms with Crippen molar-refractivity contribution in [2.45, 2.75) is 26.2 Å². The van der Waals surface area contributed by atoms with Crippen molar-refractivity contribution in [2.24, 2.45) is 5.92 Å². The maximum absolute atomic E-state index is 12.1. The molecule has 0 unspecified atom stereocenters. The van der Waals surface area contributed by atoms with Gasteiger partial charge in [-0.05, 0) is 23.6 Å². The van der Waals surface area contributed by atoms with Crippen LogP contribution in [-0.2, 0) is 9.59 Å². The Bertz CT molecular complexity index is 740. The minimum Gasteiger partial charge on any atom is -0.355 e. The van der Waals surface area contributed by atoms with Crippen molar-refractivity contribution in [1.29, 1.82) is 5.26 Å². The molecule has 0 aliphatic carbocycles. The van der Waals surface area contributed by atoms with Gasteiger partial charge in [0.05, 0.1) is 22.4 Å². The van der Waals surface area contributed by atoms with Crippen LogP contribution < -0.4 is 10.6 Å². The topological polar surface area (TPSA) is 82.0 Å². The summed E-state index contributed by atoms with van der Waals surface area (Å²) in [7, 11) is 0. The van der Waals surface area contributed by atoms with Gasteiger partial charge in [-0.3, -0.25) is 9.59 Å². The largest absolute Gasteiger partial charge is 0.355 e.